The maximum atomic E-state index is 4.69. The molecule has 182 valence electrons. The van der Waals surface area contributed by atoms with Gasteiger partial charge in [0.25, 0.3) is 0 Å². The van der Waals surface area contributed by atoms with Gasteiger partial charge < -0.3 is 10.3 Å². The predicted molar refractivity (Wildman–Crippen MR) is 151 cm³/mol. The van der Waals surface area contributed by atoms with Crippen LogP contribution in [0.15, 0.2) is 115 Å². The van der Waals surface area contributed by atoms with Crippen molar-refractivity contribution in [3.05, 3.63) is 138 Å². The molecule has 1 aromatic heterocycles. The van der Waals surface area contributed by atoms with E-state index in [1.54, 1.807) is 0 Å². The summed E-state index contributed by atoms with van der Waals surface area (Å²) in [6.07, 6.45) is 7.94. The molecule has 1 aliphatic rings. The number of pyridine rings is 1. The maximum absolute atomic E-state index is 4.69. The van der Waals surface area contributed by atoms with Crippen LogP contribution in [-0.2, 0) is 20.1 Å². The van der Waals surface area contributed by atoms with Gasteiger partial charge >= 0.3 is 20.1 Å². The van der Waals surface area contributed by atoms with E-state index in [4.69, 9.17) is 4.98 Å². The third-order valence-electron chi connectivity index (χ3n) is 5.92. The van der Waals surface area contributed by atoms with Crippen LogP contribution in [-0.4, -0.2) is 13.1 Å². The van der Waals surface area contributed by atoms with E-state index in [2.05, 4.69) is 98.6 Å². The largest absolute Gasteiger partial charge is 3.00 e. The van der Waals surface area contributed by atoms with E-state index < -0.39 is 8.07 Å². The van der Waals surface area contributed by atoms with E-state index in [0.29, 0.717) is 0 Å². The van der Waals surface area contributed by atoms with Crippen molar-refractivity contribution in [1.29, 1.82) is 0 Å². The molecule has 0 saturated heterocycles. The summed E-state index contributed by atoms with van der Waals surface area (Å²) in [6.45, 7) is 9.24. The van der Waals surface area contributed by atoms with Crippen LogP contribution in [0.1, 0.15) is 18.5 Å². The zero-order valence-electron chi connectivity index (χ0n) is 21.2. The number of hydrogen-bond donors (Lipinski definition) is 0. The number of aromatic nitrogens is 1. The van der Waals surface area contributed by atoms with Crippen LogP contribution in [0.5, 0.6) is 0 Å². The molecule has 0 amide bonds. The molecular weight excluding hydrogens is 633 g/mol. The average Bonchev–Trinajstić information content (AvgIpc) is 2.90. The third-order valence-corrected chi connectivity index (χ3v) is 7.95. The molecule has 1 unspecified atom stereocenters. The molecule has 0 saturated carbocycles. The van der Waals surface area contributed by atoms with Crippen molar-refractivity contribution in [1.82, 2.24) is 4.98 Å². The van der Waals surface area contributed by atoms with Gasteiger partial charge in [-0.3, -0.25) is 0 Å². The van der Waals surface area contributed by atoms with Gasteiger partial charge in [-0.1, -0.05) is 85.0 Å². The smallest absolute Gasteiger partial charge is 0.683 e. The fraction of sp³-hybridized carbons (Fsp3) is 0.156. The Morgan fingerprint density at radius 1 is 0.861 bits per heavy atom. The van der Waals surface area contributed by atoms with Crippen molar-refractivity contribution >= 4 is 13.3 Å². The van der Waals surface area contributed by atoms with E-state index in [9.17, 15) is 0 Å². The van der Waals surface area contributed by atoms with Gasteiger partial charge in [0.05, 0.1) is 8.07 Å². The molecule has 0 N–H and O–H groups in total. The van der Waals surface area contributed by atoms with Crippen LogP contribution in [0, 0.1) is 12.1 Å². The normalized spacial score (nSPS) is 14.4. The number of nitrogens with zero attached hydrogens (tertiary/aromatic N) is 2. The van der Waals surface area contributed by atoms with Crippen LogP contribution in [0.4, 0.5) is 0 Å². The van der Waals surface area contributed by atoms with E-state index >= 15 is 0 Å². The van der Waals surface area contributed by atoms with E-state index in [-0.39, 0.29) is 26.1 Å². The summed E-state index contributed by atoms with van der Waals surface area (Å²) < 4.78 is 0. The summed E-state index contributed by atoms with van der Waals surface area (Å²) in [5.41, 5.74) is 6.99. The van der Waals surface area contributed by atoms with Crippen molar-refractivity contribution in [2.45, 2.75) is 32.6 Å². The van der Waals surface area contributed by atoms with Crippen LogP contribution in [0.2, 0.25) is 19.6 Å². The quantitative estimate of drug-likeness (QED) is 0.160. The minimum atomic E-state index is -1.48. The molecule has 4 heteroatoms. The molecular formula is C32H31IrN2Si. The van der Waals surface area contributed by atoms with Gasteiger partial charge in [-0.15, -0.1) is 35.9 Å². The first-order chi connectivity index (χ1) is 16.9. The molecule has 2 heterocycles. The van der Waals surface area contributed by atoms with Crippen LogP contribution in [0.3, 0.4) is 0 Å². The molecule has 0 aliphatic carbocycles. The molecule has 0 radical (unpaired) electrons. The Bertz CT molecular complexity index is 1290. The summed E-state index contributed by atoms with van der Waals surface area (Å²) in [7, 11) is -1.48. The Morgan fingerprint density at radius 2 is 1.56 bits per heavy atom. The topological polar surface area (TPSA) is 27.0 Å². The van der Waals surface area contributed by atoms with Crippen molar-refractivity contribution in [2.75, 3.05) is 0 Å². The van der Waals surface area contributed by atoms with Gasteiger partial charge in [0.1, 0.15) is 0 Å². The number of rotatable bonds is 4. The molecule has 0 bridgehead atoms. The second-order valence-corrected chi connectivity index (χ2v) is 14.7. The molecule has 1 atom stereocenters. The first kappa shape index (κ1) is 27.5. The average molecular weight is 664 g/mol. The van der Waals surface area contributed by atoms with Gasteiger partial charge in [-0.2, -0.15) is 42.1 Å². The monoisotopic (exact) mass is 664 g/mol. The Labute approximate surface area is 230 Å². The summed E-state index contributed by atoms with van der Waals surface area (Å²) in [6, 6.07) is 35.5. The summed E-state index contributed by atoms with van der Waals surface area (Å²) >= 11 is 0. The summed E-state index contributed by atoms with van der Waals surface area (Å²) in [5, 5.41) is 5.85. The van der Waals surface area contributed by atoms with E-state index in [0.717, 1.165) is 16.8 Å². The van der Waals surface area contributed by atoms with Crippen molar-refractivity contribution in [3.63, 3.8) is 0 Å². The van der Waals surface area contributed by atoms with E-state index in [1.807, 2.05) is 54.9 Å². The standard InChI is InChI=1S/C20H20NSi.C12H11N.Ir/c1-22(2,3)20-14-19(17-12-8-5-9-13-17)21-15-18(20)16-10-6-4-7-11-16;1-10-6-5-9-13-12(10)11-7-3-2-4-8-11;/h4-12,14-15H,1-3H3;2-7,9,12H,1H3;/q-1;-2;+3. The predicted octanol–water partition coefficient (Wildman–Crippen LogP) is 8.13. The van der Waals surface area contributed by atoms with Crippen LogP contribution < -0.4 is 5.19 Å². The van der Waals surface area contributed by atoms with Crippen molar-refractivity contribution in [3.8, 4) is 22.4 Å². The van der Waals surface area contributed by atoms with E-state index in [1.165, 1.54) is 21.9 Å². The third kappa shape index (κ3) is 7.01. The Kier molecular flexibility index (Phi) is 9.78. The zero-order chi connectivity index (χ0) is 24.7. The SMILES string of the molecule is CC1=CC=C[N-]C1c1[c-]cccc1.C[Si](C)(C)c1cc(-c2[c-]cccc2)ncc1-c1ccccc1.[Ir+3]. The molecule has 5 rings (SSSR count). The first-order valence-electron chi connectivity index (χ1n) is 12.0. The minimum absolute atomic E-state index is 0. The molecule has 3 aromatic carbocycles. The molecule has 2 nitrogen and oxygen atoms in total. The molecule has 36 heavy (non-hydrogen) atoms. The van der Waals surface area contributed by atoms with Gasteiger partial charge in [0.15, 0.2) is 0 Å². The van der Waals surface area contributed by atoms with Gasteiger partial charge in [-0.25, -0.2) is 0 Å². The molecule has 4 aromatic rings. The van der Waals surface area contributed by atoms with Gasteiger partial charge in [-0.05, 0) is 23.7 Å². The maximum Gasteiger partial charge on any atom is 3.00 e. The van der Waals surface area contributed by atoms with Gasteiger partial charge in [0.2, 0.25) is 0 Å². The van der Waals surface area contributed by atoms with Crippen molar-refractivity contribution in [2.24, 2.45) is 0 Å². The molecule has 1 aliphatic heterocycles. The fourth-order valence-electron chi connectivity index (χ4n) is 4.07. The summed E-state index contributed by atoms with van der Waals surface area (Å²) in [4.78, 5) is 4.69. The van der Waals surface area contributed by atoms with Crippen LogP contribution >= 0.6 is 0 Å². The number of allylic oxidation sites excluding steroid dienone is 2. The van der Waals surface area contributed by atoms with Crippen LogP contribution in [0.25, 0.3) is 27.7 Å². The zero-order valence-corrected chi connectivity index (χ0v) is 24.6. The first-order valence-corrected chi connectivity index (χ1v) is 15.5. The Balaban J connectivity index is 0.000000221. The fourth-order valence-corrected chi connectivity index (χ4v) is 5.65. The number of hydrogen-bond acceptors (Lipinski definition) is 1. The Morgan fingerprint density at radius 3 is 2.17 bits per heavy atom. The minimum Gasteiger partial charge on any atom is -0.683 e. The Hall–Kier alpha value is -3.04. The summed E-state index contributed by atoms with van der Waals surface area (Å²) in [5.74, 6) is 0. The molecule has 0 spiro atoms. The second kappa shape index (κ2) is 12.8. The van der Waals surface area contributed by atoms with Gasteiger partial charge in [0, 0.05) is 6.20 Å². The second-order valence-electron chi connectivity index (χ2n) is 9.63. The van der Waals surface area contributed by atoms with Crippen molar-refractivity contribution < 1.29 is 20.1 Å². The number of benzene rings is 3. The molecule has 0 fully saturated rings.